The SMILES string of the molecule is OC1CC=CC2OC2C1. The van der Waals surface area contributed by atoms with Crippen molar-refractivity contribution in [3.63, 3.8) is 0 Å². The Morgan fingerprint density at radius 1 is 1.56 bits per heavy atom. The van der Waals surface area contributed by atoms with Crippen LogP contribution in [0.25, 0.3) is 0 Å². The summed E-state index contributed by atoms with van der Waals surface area (Å²) in [5, 5.41) is 9.15. The summed E-state index contributed by atoms with van der Waals surface area (Å²) >= 11 is 0. The molecule has 2 rings (SSSR count). The van der Waals surface area contributed by atoms with E-state index in [0.29, 0.717) is 12.2 Å². The van der Waals surface area contributed by atoms with E-state index < -0.39 is 0 Å². The van der Waals surface area contributed by atoms with Crippen molar-refractivity contribution in [3.05, 3.63) is 12.2 Å². The number of aliphatic hydroxyl groups excluding tert-OH is 1. The molecular weight excluding hydrogens is 116 g/mol. The number of rotatable bonds is 0. The van der Waals surface area contributed by atoms with E-state index in [2.05, 4.69) is 0 Å². The molecule has 3 atom stereocenters. The summed E-state index contributed by atoms with van der Waals surface area (Å²) in [7, 11) is 0. The molecule has 0 aromatic rings. The molecule has 1 N–H and O–H groups in total. The fraction of sp³-hybridized carbons (Fsp3) is 0.714. The van der Waals surface area contributed by atoms with E-state index >= 15 is 0 Å². The standard InChI is InChI=1S/C7H10O2/c8-5-2-1-3-6-7(4-5)9-6/h1,3,5-8H,2,4H2. The molecule has 2 aliphatic rings. The van der Waals surface area contributed by atoms with Crippen LogP contribution in [0.5, 0.6) is 0 Å². The second-order valence-electron chi connectivity index (χ2n) is 2.69. The highest BCUT2D eigenvalue weighted by Gasteiger charge is 2.38. The van der Waals surface area contributed by atoms with Gasteiger partial charge < -0.3 is 9.84 Å². The zero-order chi connectivity index (χ0) is 6.27. The van der Waals surface area contributed by atoms with Crippen molar-refractivity contribution in [2.75, 3.05) is 0 Å². The van der Waals surface area contributed by atoms with E-state index in [0.717, 1.165) is 12.8 Å². The number of hydrogen-bond donors (Lipinski definition) is 1. The van der Waals surface area contributed by atoms with Crippen molar-refractivity contribution in [1.29, 1.82) is 0 Å². The maximum Gasteiger partial charge on any atom is 0.102 e. The van der Waals surface area contributed by atoms with Gasteiger partial charge in [-0.1, -0.05) is 12.2 Å². The van der Waals surface area contributed by atoms with Gasteiger partial charge in [0.2, 0.25) is 0 Å². The van der Waals surface area contributed by atoms with E-state index in [1.165, 1.54) is 0 Å². The Kier molecular flexibility index (Phi) is 1.10. The third kappa shape index (κ3) is 1.00. The summed E-state index contributed by atoms with van der Waals surface area (Å²) in [6.07, 6.45) is 6.16. The lowest BCUT2D eigenvalue weighted by Crippen LogP contribution is -2.07. The van der Waals surface area contributed by atoms with E-state index in [4.69, 9.17) is 9.84 Å². The highest BCUT2D eigenvalue weighted by molar-refractivity contribution is 5.06. The first-order valence-corrected chi connectivity index (χ1v) is 3.36. The predicted octanol–water partition coefficient (Wildman–Crippen LogP) is 0.465. The number of fused-ring (bicyclic) bond motifs is 1. The Balaban J connectivity index is 2.03. The molecule has 0 bridgehead atoms. The molecule has 3 unspecified atom stereocenters. The first kappa shape index (κ1) is 5.45. The van der Waals surface area contributed by atoms with E-state index in [1.54, 1.807) is 0 Å². The predicted molar refractivity (Wildman–Crippen MR) is 33.0 cm³/mol. The summed E-state index contributed by atoms with van der Waals surface area (Å²) in [4.78, 5) is 0. The fourth-order valence-corrected chi connectivity index (χ4v) is 1.25. The molecule has 0 aromatic heterocycles. The molecule has 2 nitrogen and oxygen atoms in total. The van der Waals surface area contributed by atoms with Gasteiger partial charge >= 0.3 is 0 Å². The van der Waals surface area contributed by atoms with Gasteiger partial charge in [0.25, 0.3) is 0 Å². The Morgan fingerprint density at radius 3 is 3.33 bits per heavy atom. The normalized spacial score (nSPS) is 47.9. The van der Waals surface area contributed by atoms with Gasteiger partial charge in [0, 0.05) is 6.42 Å². The summed E-state index contributed by atoms with van der Waals surface area (Å²) in [5.41, 5.74) is 0. The van der Waals surface area contributed by atoms with Crippen LogP contribution in [0.4, 0.5) is 0 Å². The van der Waals surface area contributed by atoms with Gasteiger partial charge in [0.1, 0.15) is 6.10 Å². The summed E-state index contributed by atoms with van der Waals surface area (Å²) in [6.45, 7) is 0. The molecule has 0 spiro atoms. The Hall–Kier alpha value is -0.340. The van der Waals surface area contributed by atoms with Crippen molar-refractivity contribution in [1.82, 2.24) is 0 Å². The summed E-state index contributed by atoms with van der Waals surface area (Å²) in [5.74, 6) is 0. The van der Waals surface area contributed by atoms with Crippen molar-refractivity contribution < 1.29 is 9.84 Å². The van der Waals surface area contributed by atoms with Crippen LogP contribution in [0.15, 0.2) is 12.2 Å². The van der Waals surface area contributed by atoms with Crippen LogP contribution in [0.1, 0.15) is 12.8 Å². The smallest absolute Gasteiger partial charge is 0.102 e. The zero-order valence-electron chi connectivity index (χ0n) is 5.16. The van der Waals surface area contributed by atoms with E-state index in [-0.39, 0.29) is 6.10 Å². The van der Waals surface area contributed by atoms with Crippen molar-refractivity contribution >= 4 is 0 Å². The van der Waals surface area contributed by atoms with Crippen LogP contribution >= 0.6 is 0 Å². The second-order valence-corrected chi connectivity index (χ2v) is 2.69. The largest absolute Gasteiger partial charge is 0.393 e. The first-order valence-electron chi connectivity index (χ1n) is 3.36. The van der Waals surface area contributed by atoms with Crippen molar-refractivity contribution in [3.8, 4) is 0 Å². The number of epoxide rings is 1. The van der Waals surface area contributed by atoms with Crippen LogP contribution in [0, 0.1) is 0 Å². The van der Waals surface area contributed by atoms with Gasteiger partial charge in [-0.05, 0) is 6.42 Å². The molecule has 9 heavy (non-hydrogen) atoms. The Morgan fingerprint density at radius 2 is 2.44 bits per heavy atom. The highest BCUT2D eigenvalue weighted by Crippen LogP contribution is 2.30. The van der Waals surface area contributed by atoms with Gasteiger partial charge in [-0.25, -0.2) is 0 Å². The Bertz CT molecular complexity index is 142. The quantitative estimate of drug-likeness (QED) is 0.378. The molecular formula is C7H10O2. The third-order valence-corrected chi connectivity index (χ3v) is 1.86. The third-order valence-electron chi connectivity index (χ3n) is 1.86. The maximum atomic E-state index is 9.15. The Labute approximate surface area is 54.1 Å². The van der Waals surface area contributed by atoms with Crippen LogP contribution in [0.3, 0.4) is 0 Å². The molecule has 1 aliphatic carbocycles. The van der Waals surface area contributed by atoms with Crippen molar-refractivity contribution in [2.24, 2.45) is 0 Å². The fourth-order valence-electron chi connectivity index (χ4n) is 1.25. The molecule has 1 fully saturated rings. The van der Waals surface area contributed by atoms with Gasteiger partial charge in [0.05, 0.1) is 12.2 Å². The molecule has 1 heterocycles. The molecule has 1 aliphatic heterocycles. The second kappa shape index (κ2) is 1.82. The minimum Gasteiger partial charge on any atom is -0.393 e. The lowest BCUT2D eigenvalue weighted by molar-refractivity contribution is 0.154. The minimum absolute atomic E-state index is 0.168. The van der Waals surface area contributed by atoms with Crippen LogP contribution in [-0.2, 0) is 4.74 Å². The zero-order valence-corrected chi connectivity index (χ0v) is 5.16. The molecule has 0 radical (unpaired) electrons. The average Bonchev–Trinajstić information content (AvgIpc) is 2.43. The lowest BCUT2D eigenvalue weighted by atomic mass is 10.2. The summed E-state index contributed by atoms with van der Waals surface area (Å²) < 4.78 is 5.18. The van der Waals surface area contributed by atoms with E-state index in [1.807, 2.05) is 12.2 Å². The van der Waals surface area contributed by atoms with E-state index in [9.17, 15) is 0 Å². The van der Waals surface area contributed by atoms with Gasteiger partial charge in [-0.3, -0.25) is 0 Å². The average molecular weight is 126 g/mol. The summed E-state index contributed by atoms with van der Waals surface area (Å²) in [6, 6.07) is 0. The van der Waals surface area contributed by atoms with Gasteiger partial charge in [-0.15, -0.1) is 0 Å². The van der Waals surface area contributed by atoms with Gasteiger partial charge in [-0.2, -0.15) is 0 Å². The monoisotopic (exact) mass is 126 g/mol. The number of hydrogen-bond acceptors (Lipinski definition) is 2. The molecule has 2 heteroatoms. The van der Waals surface area contributed by atoms with Gasteiger partial charge in [0.15, 0.2) is 0 Å². The van der Waals surface area contributed by atoms with Crippen LogP contribution in [0.2, 0.25) is 0 Å². The minimum atomic E-state index is -0.168. The molecule has 50 valence electrons. The molecule has 0 saturated carbocycles. The topological polar surface area (TPSA) is 32.8 Å². The number of aliphatic hydroxyl groups is 1. The van der Waals surface area contributed by atoms with Crippen LogP contribution in [-0.4, -0.2) is 23.4 Å². The number of ether oxygens (including phenoxy) is 1. The lowest BCUT2D eigenvalue weighted by Gasteiger charge is -2.01. The van der Waals surface area contributed by atoms with Crippen molar-refractivity contribution in [2.45, 2.75) is 31.2 Å². The van der Waals surface area contributed by atoms with Crippen LogP contribution < -0.4 is 0 Å². The molecule has 0 aromatic carbocycles. The molecule has 1 saturated heterocycles. The molecule has 0 amide bonds. The maximum absolute atomic E-state index is 9.15. The highest BCUT2D eigenvalue weighted by atomic mass is 16.6. The first-order chi connectivity index (χ1) is 4.36.